The molecule has 1 aromatic heterocycles. The minimum absolute atomic E-state index is 0.111. The normalized spacial score (nSPS) is 10.7. The number of benzene rings is 2. The summed E-state index contributed by atoms with van der Waals surface area (Å²) in [6, 6.07) is 13.3. The summed E-state index contributed by atoms with van der Waals surface area (Å²) in [5.74, 6) is 0.416. The number of hydrogen-bond donors (Lipinski definition) is 2. The van der Waals surface area contributed by atoms with Crippen LogP contribution in [0, 0.1) is 11.7 Å². The molecule has 3 rings (SSSR count). The fourth-order valence-corrected chi connectivity index (χ4v) is 2.45. The maximum atomic E-state index is 13.0. The van der Waals surface area contributed by atoms with Gasteiger partial charge < -0.3 is 10.6 Å². The average Bonchev–Trinajstić information content (AvgIpc) is 2.67. The Bertz CT molecular complexity index is 908. The SMILES string of the molecule is CC(C)CNC(=O)c1cccc(Nc2ncc(-c3ccc(F)cc3)cn2)c1. The Morgan fingerprint density at radius 3 is 2.41 bits per heavy atom. The van der Waals surface area contributed by atoms with Crippen LogP contribution in [0.25, 0.3) is 11.1 Å². The number of amides is 1. The summed E-state index contributed by atoms with van der Waals surface area (Å²) in [7, 11) is 0. The lowest BCUT2D eigenvalue weighted by molar-refractivity contribution is 0.0949. The molecule has 0 unspecified atom stereocenters. The molecule has 3 aromatic rings. The molecule has 2 aromatic carbocycles. The van der Waals surface area contributed by atoms with E-state index in [0.717, 1.165) is 16.8 Å². The Hall–Kier alpha value is -3.28. The second-order valence-corrected chi connectivity index (χ2v) is 6.61. The lowest BCUT2D eigenvalue weighted by Crippen LogP contribution is -2.27. The van der Waals surface area contributed by atoms with Crippen LogP contribution in [0.5, 0.6) is 0 Å². The van der Waals surface area contributed by atoms with E-state index in [1.54, 1.807) is 42.7 Å². The maximum absolute atomic E-state index is 13.0. The van der Waals surface area contributed by atoms with E-state index in [1.165, 1.54) is 12.1 Å². The standard InChI is InChI=1S/C21H21FN4O/c1-14(2)11-23-20(27)16-4-3-5-19(10-16)26-21-24-12-17(13-25-21)15-6-8-18(22)9-7-15/h3-10,12-14H,11H2,1-2H3,(H,23,27)(H,24,25,26). The van der Waals surface area contributed by atoms with Gasteiger partial charge in [0, 0.05) is 35.8 Å². The van der Waals surface area contributed by atoms with Crippen LogP contribution in [0.15, 0.2) is 60.9 Å². The third-order valence-electron chi connectivity index (χ3n) is 3.88. The van der Waals surface area contributed by atoms with Gasteiger partial charge in [0.05, 0.1) is 0 Å². The summed E-state index contributed by atoms with van der Waals surface area (Å²) in [6.07, 6.45) is 3.34. The molecule has 0 saturated carbocycles. The van der Waals surface area contributed by atoms with Crippen molar-refractivity contribution in [1.82, 2.24) is 15.3 Å². The Balaban J connectivity index is 1.69. The molecule has 0 aliphatic carbocycles. The summed E-state index contributed by atoms with van der Waals surface area (Å²) in [5, 5.41) is 5.98. The van der Waals surface area contributed by atoms with Crippen LogP contribution in [0.4, 0.5) is 16.0 Å². The summed E-state index contributed by atoms with van der Waals surface area (Å²) < 4.78 is 13.0. The molecular formula is C21H21FN4O. The summed E-state index contributed by atoms with van der Waals surface area (Å²) in [5.41, 5.74) is 2.93. The number of aromatic nitrogens is 2. The molecule has 1 heterocycles. The van der Waals surface area contributed by atoms with Crippen LogP contribution in [0.2, 0.25) is 0 Å². The van der Waals surface area contributed by atoms with Crippen molar-refractivity contribution in [1.29, 1.82) is 0 Å². The summed E-state index contributed by atoms with van der Waals surface area (Å²) in [6.45, 7) is 4.72. The van der Waals surface area contributed by atoms with E-state index in [2.05, 4.69) is 20.6 Å². The van der Waals surface area contributed by atoms with Gasteiger partial charge in [0.25, 0.3) is 5.91 Å². The van der Waals surface area contributed by atoms with Crippen LogP contribution < -0.4 is 10.6 Å². The van der Waals surface area contributed by atoms with Crippen LogP contribution in [-0.4, -0.2) is 22.4 Å². The average molecular weight is 364 g/mol. The largest absolute Gasteiger partial charge is 0.352 e. The zero-order chi connectivity index (χ0) is 19.2. The van der Waals surface area contributed by atoms with Crippen LogP contribution in [-0.2, 0) is 0 Å². The van der Waals surface area contributed by atoms with Gasteiger partial charge in [-0.15, -0.1) is 0 Å². The molecule has 0 aliphatic rings. The quantitative estimate of drug-likeness (QED) is 0.680. The van der Waals surface area contributed by atoms with E-state index in [0.29, 0.717) is 24.0 Å². The minimum atomic E-state index is -0.282. The van der Waals surface area contributed by atoms with Crippen molar-refractivity contribution in [3.63, 3.8) is 0 Å². The van der Waals surface area contributed by atoms with Gasteiger partial charge in [-0.25, -0.2) is 14.4 Å². The Morgan fingerprint density at radius 1 is 1.04 bits per heavy atom. The highest BCUT2D eigenvalue weighted by Crippen LogP contribution is 2.20. The van der Waals surface area contributed by atoms with E-state index in [4.69, 9.17) is 0 Å². The number of anilines is 2. The second-order valence-electron chi connectivity index (χ2n) is 6.61. The molecule has 0 saturated heterocycles. The summed E-state index contributed by atoms with van der Waals surface area (Å²) in [4.78, 5) is 20.8. The van der Waals surface area contributed by atoms with Crippen molar-refractivity contribution in [3.8, 4) is 11.1 Å². The van der Waals surface area contributed by atoms with E-state index in [1.807, 2.05) is 19.9 Å². The molecule has 0 bridgehead atoms. The highest BCUT2D eigenvalue weighted by atomic mass is 19.1. The van der Waals surface area contributed by atoms with Gasteiger partial charge in [-0.05, 0) is 41.8 Å². The fraction of sp³-hybridized carbons (Fsp3) is 0.190. The molecule has 27 heavy (non-hydrogen) atoms. The topological polar surface area (TPSA) is 66.9 Å². The van der Waals surface area contributed by atoms with Gasteiger partial charge in [-0.3, -0.25) is 4.79 Å². The van der Waals surface area contributed by atoms with Gasteiger partial charge in [0.15, 0.2) is 0 Å². The monoisotopic (exact) mass is 364 g/mol. The van der Waals surface area contributed by atoms with Gasteiger partial charge >= 0.3 is 0 Å². The molecule has 138 valence electrons. The Morgan fingerprint density at radius 2 is 1.74 bits per heavy atom. The number of carbonyl (C=O) groups excluding carboxylic acids is 1. The molecular weight excluding hydrogens is 343 g/mol. The Kier molecular flexibility index (Phi) is 5.76. The Labute approximate surface area is 157 Å². The smallest absolute Gasteiger partial charge is 0.251 e. The number of nitrogens with zero attached hydrogens (tertiary/aromatic N) is 2. The molecule has 0 radical (unpaired) electrons. The van der Waals surface area contributed by atoms with Crippen molar-refractivity contribution in [3.05, 3.63) is 72.3 Å². The van der Waals surface area contributed by atoms with E-state index >= 15 is 0 Å². The number of nitrogens with one attached hydrogen (secondary N) is 2. The van der Waals surface area contributed by atoms with Crippen molar-refractivity contribution >= 4 is 17.5 Å². The predicted molar refractivity (Wildman–Crippen MR) is 104 cm³/mol. The van der Waals surface area contributed by atoms with Crippen LogP contribution >= 0.6 is 0 Å². The third kappa shape index (κ3) is 5.10. The second kappa shape index (κ2) is 8.40. The molecule has 1 amide bonds. The molecule has 5 nitrogen and oxygen atoms in total. The number of hydrogen-bond acceptors (Lipinski definition) is 4. The van der Waals surface area contributed by atoms with Crippen molar-refractivity contribution in [2.24, 2.45) is 5.92 Å². The van der Waals surface area contributed by atoms with E-state index in [-0.39, 0.29) is 11.7 Å². The molecule has 0 spiro atoms. The molecule has 0 aliphatic heterocycles. The molecule has 6 heteroatoms. The summed E-state index contributed by atoms with van der Waals surface area (Å²) >= 11 is 0. The number of halogens is 1. The van der Waals surface area contributed by atoms with Gasteiger partial charge in [0.1, 0.15) is 5.82 Å². The first kappa shape index (κ1) is 18.5. The lowest BCUT2D eigenvalue weighted by atomic mass is 10.1. The van der Waals surface area contributed by atoms with Crippen molar-refractivity contribution in [2.45, 2.75) is 13.8 Å². The highest BCUT2D eigenvalue weighted by Gasteiger charge is 2.08. The van der Waals surface area contributed by atoms with Crippen molar-refractivity contribution in [2.75, 3.05) is 11.9 Å². The van der Waals surface area contributed by atoms with Gasteiger partial charge in [-0.1, -0.05) is 32.0 Å². The zero-order valence-corrected chi connectivity index (χ0v) is 15.2. The van der Waals surface area contributed by atoms with Gasteiger partial charge in [-0.2, -0.15) is 0 Å². The first-order valence-electron chi connectivity index (χ1n) is 8.74. The van der Waals surface area contributed by atoms with Gasteiger partial charge in [0.2, 0.25) is 5.95 Å². The third-order valence-corrected chi connectivity index (χ3v) is 3.88. The van der Waals surface area contributed by atoms with E-state index in [9.17, 15) is 9.18 Å². The fourth-order valence-electron chi connectivity index (χ4n) is 2.45. The minimum Gasteiger partial charge on any atom is -0.352 e. The number of rotatable bonds is 6. The highest BCUT2D eigenvalue weighted by molar-refractivity contribution is 5.95. The predicted octanol–water partition coefficient (Wildman–Crippen LogP) is 4.41. The number of carbonyl (C=O) groups is 1. The molecule has 0 fully saturated rings. The molecule has 2 N–H and O–H groups in total. The van der Waals surface area contributed by atoms with Crippen molar-refractivity contribution < 1.29 is 9.18 Å². The van der Waals surface area contributed by atoms with E-state index < -0.39 is 0 Å². The first-order valence-corrected chi connectivity index (χ1v) is 8.74. The van der Waals surface area contributed by atoms with Crippen LogP contribution in [0.1, 0.15) is 24.2 Å². The lowest BCUT2D eigenvalue weighted by Gasteiger charge is -2.10. The molecule has 0 atom stereocenters. The van der Waals surface area contributed by atoms with Crippen LogP contribution in [0.3, 0.4) is 0 Å². The zero-order valence-electron chi connectivity index (χ0n) is 15.2. The first-order chi connectivity index (χ1) is 13.0. The maximum Gasteiger partial charge on any atom is 0.251 e.